The van der Waals surface area contributed by atoms with Crippen molar-refractivity contribution in [3.63, 3.8) is 0 Å². The number of carbonyl (C=O) groups is 1. The topological polar surface area (TPSA) is 38.4 Å². The summed E-state index contributed by atoms with van der Waals surface area (Å²) in [5.41, 5.74) is 4.22. The zero-order chi connectivity index (χ0) is 19.0. The molecular formula is C23H24N2O2. The predicted octanol–water partition coefficient (Wildman–Crippen LogP) is 4.69. The molecule has 0 bridgehead atoms. The monoisotopic (exact) mass is 360 g/mol. The Kier molecular flexibility index (Phi) is 4.48. The zero-order valence-electron chi connectivity index (χ0n) is 16.0. The Hall–Kier alpha value is -3.01. The Bertz CT molecular complexity index is 1120. The van der Waals surface area contributed by atoms with Gasteiger partial charge in [-0.15, -0.1) is 0 Å². The first-order valence-corrected chi connectivity index (χ1v) is 9.34. The lowest BCUT2D eigenvalue weighted by Gasteiger charge is -2.17. The summed E-state index contributed by atoms with van der Waals surface area (Å²) in [5.74, 6) is 1.07. The van der Waals surface area contributed by atoms with Gasteiger partial charge in [0.15, 0.2) is 0 Å². The van der Waals surface area contributed by atoms with E-state index in [-0.39, 0.29) is 5.91 Å². The summed E-state index contributed by atoms with van der Waals surface area (Å²) in [6, 6.07) is 16.2. The fourth-order valence-electron chi connectivity index (χ4n) is 3.80. The van der Waals surface area contributed by atoms with Crippen LogP contribution in [0.15, 0.2) is 59.1 Å². The van der Waals surface area contributed by atoms with Crippen molar-refractivity contribution in [2.24, 2.45) is 7.05 Å². The van der Waals surface area contributed by atoms with Crippen LogP contribution in [-0.2, 0) is 31.2 Å². The third-order valence-electron chi connectivity index (χ3n) is 5.25. The van der Waals surface area contributed by atoms with Crippen molar-refractivity contribution in [2.45, 2.75) is 26.3 Å². The molecule has 2 aromatic heterocycles. The molecule has 0 aliphatic heterocycles. The molecule has 0 unspecified atom stereocenters. The summed E-state index contributed by atoms with van der Waals surface area (Å²) in [4.78, 5) is 14.7. The maximum atomic E-state index is 12.9. The van der Waals surface area contributed by atoms with Gasteiger partial charge in [0.05, 0.1) is 6.42 Å². The van der Waals surface area contributed by atoms with E-state index in [0.717, 1.165) is 45.2 Å². The maximum absolute atomic E-state index is 12.9. The lowest BCUT2D eigenvalue weighted by atomic mass is 10.1. The van der Waals surface area contributed by atoms with Crippen LogP contribution in [0.1, 0.15) is 23.8 Å². The molecule has 4 aromatic rings. The SMILES string of the molecule is CCc1oc2ccccc2c1CN(C)C(=O)Cc1cn(C)c2ccccc12. The Morgan fingerprint density at radius 2 is 1.78 bits per heavy atom. The van der Waals surface area contributed by atoms with Gasteiger partial charge in [-0.05, 0) is 17.7 Å². The number of rotatable bonds is 5. The molecule has 0 aliphatic carbocycles. The normalized spacial score (nSPS) is 11.4. The number of carbonyl (C=O) groups excluding carboxylic acids is 1. The predicted molar refractivity (Wildman–Crippen MR) is 109 cm³/mol. The maximum Gasteiger partial charge on any atom is 0.227 e. The molecule has 0 radical (unpaired) electrons. The summed E-state index contributed by atoms with van der Waals surface area (Å²) in [6.07, 6.45) is 3.27. The second kappa shape index (κ2) is 6.95. The Balaban J connectivity index is 1.58. The highest BCUT2D eigenvalue weighted by Gasteiger charge is 2.18. The van der Waals surface area contributed by atoms with Gasteiger partial charge < -0.3 is 13.9 Å². The molecular weight excluding hydrogens is 336 g/mol. The van der Waals surface area contributed by atoms with Crippen molar-refractivity contribution in [3.05, 3.63) is 71.6 Å². The highest BCUT2D eigenvalue weighted by molar-refractivity contribution is 5.89. The van der Waals surface area contributed by atoms with Crippen molar-refractivity contribution < 1.29 is 9.21 Å². The summed E-state index contributed by atoms with van der Waals surface area (Å²) < 4.78 is 8.05. The highest BCUT2D eigenvalue weighted by atomic mass is 16.3. The fraction of sp³-hybridized carbons (Fsp3) is 0.261. The van der Waals surface area contributed by atoms with Crippen LogP contribution in [0.4, 0.5) is 0 Å². The number of nitrogens with zero attached hydrogens (tertiary/aromatic N) is 2. The Morgan fingerprint density at radius 3 is 2.56 bits per heavy atom. The van der Waals surface area contributed by atoms with Gasteiger partial charge in [0.2, 0.25) is 5.91 Å². The summed E-state index contributed by atoms with van der Waals surface area (Å²) in [7, 11) is 3.89. The van der Waals surface area contributed by atoms with Crippen LogP contribution < -0.4 is 0 Å². The molecule has 0 fully saturated rings. The van der Waals surface area contributed by atoms with Crippen LogP contribution in [0.25, 0.3) is 21.9 Å². The summed E-state index contributed by atoms with van der Waals surface area (Å²) in [6.45, 7) is 2.64. The van der Waals surface area contributed by atoms with Gasteiger partial charge in [-0.1, -0.05) is 43.3 Å². The highest BCUT2D eigenvalue weighted by Crippen LogP contribution is 2.28. The molecule has 1 amide bonds. The lowest BCUT2D eigenvalue weighted by molar-refractivity contribution is -0.129. The van der Waals surface area contributed by atoms with Crippen molar-refractivity contribution in [1.82, 2.24) is 9.47 Å². The van der Waals surface area contributed by atoms with E-state index in [2.05, 4.69) is 35.9 Å². The van der Waals surface area contributed by atoms with E-state index in [0.29, 0.717) is 13.0 Å². The molecule has 0 saturated carbocycles. The minimum absolute atomic E-state index is 0.110. The summed E-state index contributed by atoms with van der Waals surface area (Å²) >= 11 is 0. The quantitative estimate of drug-likeness (QED) is 0.518. The van der Waals surface area contributed by atoms with Crippen LogP contribution in [0.3, 0.4) is 0 Å². The summed E-state index contributed by atoms with van der Waals surface area (Å²) in [5, 5.41) is 2.24. The van der Waals surface area contributed by atoms with Crippen LogP contribution in [-0.4, -0.2) is 22.4 Å². The molecule has 0 aliphatic rings. The zero-order valence-corrected chi connectivity index (χ0v) is 16.0. The molecule has 0 spiro atoms. The molecule has 4 heteroatoms. The smallest absolute Gasteiger partial charge is 0.227 e. The van der Waals surface area contributed by atoms with Gasteiger partial charge in [0, 0.05) is 55.1 Å². The second-order valence-corrected chi connectivity index (χ2v) is 7.06. The van der Waals surface area contributed by atoms with E-state index in [1.807, 2.05) is 44.4 Å². The second-order valence-electron chi connectivity index (χ2n) is 7.06. The van der Waals surface area contributed by atoms with Gasteiger partial charge in [0.1, 0.15) is 11.3 Å². The average Bonchev–Trinajstić information content (AvgIpc) is 3.20. The molecule has 2 aromatic carbocycles. The average molecular weight is 360 g/mol. The molecule has 2 heterocycles. The first kappa shape index (κ1) is 17.4. The molecule has 27 heavy (non-hydrogen) atoms. The van der Waals surface area contributed by atoms with Crippen molar-refractivity contribution in [1.29, 1.82) is 0 Å². The number of amides is 1. The number of hydrogen-bond donors (Lipinski definition) is 0. The van der Waals surface area contributed by atoms with Crippen LogP contribution in [0.5, 0.6) is 0 Å². The number of likely N-dealkylation sites (N-methyl/N-ethyl adjacent to an activating group) is 1. The number of para-hydroxylation sites is 2. The molecule has 0 saturated heterocycles. The van der Waals surface area contributed by atoms with Gasteiger partial charge >= 0.3 is 0 Å². The van der Waals surface area contributed by atoms with Crippen LogP contribution in [0, 0.1) is 0 Å². The molecule has 0 N–H and O–H groups in total. The number of furan rings is 1. The van der Waals surface area contributed by atoms with Crippen LogP contribution >= 0.6 is 0 Å². The van der Waals surface area contributed by atoms with E-state index in [1.165, 1.54) is 0 Å². The molecule has 0 atom stereocenters. The van der Waals surface area contributed by atoms with Gasteiger partial charge in [-0.25, -0.2) is 0 Å². The number of aryl methyl sites for hydroxylation is 2. The third kappa shape index (κ3) is 3.12. The number of hydrogen-bond acceptors (Lipinski definition) is 2. The van der Waals surface area contributed by atoms with E-state index < -0.39 is 0 Å². The van der Waals surface area contributed by atoms with Crippen molar-refractivity contribution in [3.8, 4) is 0 Å². The van der Waals surface area contributed by atoms with Crippen molar-refractivity contribution >= 4 is 27.8 Å². The number of aromatic nitrogens is 1. The number of benzene rings is 2. The lowest BCUT2D eigenvalue weighted by Crippen LogP contribution is -2.28. The Labute approximate surface area is 159 Å². The minimum atomic E-state index is 0.110. The molecule has 4 rings (SSSR count). The van der Waals surface area contributed by atoms with Gasteiger partial charge in [-0.2, -0.15) is 0 Å². The fourth-order valence-corrected chi connectivity index (χ4v) is 3.80. The van der Waals surface area contributed by atoms with Crippen LogP contribution in [0.2, 0.25) is 0 Å². The standard InChI is InChI=1S/C23H24N2O2/c1-4-21-19(18-10-6-8-12-22(18)27-21)15-25(3)23(26)13-16-14-24(2)20-11-7-5-9-17(16)20/h5-12,14H,4,13,15H2,1-3H3. The molecule has 4 nitrogen and oxygen atoms in total. The first-order valence-electron chi connectivity index (χ1n) is 9.34. The molecule has 138 valence electrons. The largest absolute Gasteiger partial charge is 0.461 e. The van der Waals surface area contributed by atoms with Gasteiger partial charge in [-0.3, -0.25) is 4.79 Å². The van der Waals surface area contributed by atoms with Gasteiger partial charge in [0.25, 0.3) is 0 Å². The van der Waals surface area contributed by atoms with E-state index in [9.17, 15) is 4.79 Å². The van der Waals surface area contributed by atoms with E-state index in [4.69, 9.17) is 4.42 Å². The minimum Gasteiger partial charge on any atom is -0.461 e. The third-order valence-corrected chi connectivity index (χ3v) is 5.25. The number of fused-ring (bicyclic) bond motifs is 2. The van der Waals surface area contributed by atoms with E-state index in [1.54, 1.807) is 4.90 Å². The van der Waals surface area contributed by atoms with E-state index >= 15 is 0 Å². The Morgan fingerprint density at radius 1 is 1.07 bits per heavy atom. The first-order chi connectivity index (χ1) is 13.1. The van der Waals surface area contributed by atoms with Crippen molar-refractivity contribution in [2.75, 3.05) is 7.05 Å².